The largest absolute Gasteiger partial charge is 0.457 e. The Morgan fingerprint density at radius 2 is 1.30 bits per heavy atom. The fourth-order valence-electron chi connectivity index (χ4n) is 5.22. The van der Waals surface area contributed by atoms with E-state index in [1.807, 2.05) is 109 Å². The second-order valence-corrected chi connectivity index (χ2v) is 11.2. The van der Waals surface area contributed by atoms with Gasteiger partial charge >= 0.3 is 5.97 Å². The van der Waals surface area contributed by atoms with Crippen LogP contribution in [0.25, 0.3) is 0 Å². The molecule has 0 saturated heterocycles. The van der Waals surface area contributed by atoms with Crippen molar-refractivity contribution in [2.75, 3.05) is 0 Å². The van der Waals surface area contributed by atoms with Gasteiger partial charge in [0.15, 0.2) is 0 Å². The summed E-state index contributed by atoms with van der Waals surface area (Å²) in [4.78, 5) is 13.6. The zero-order valence-electron chi connectivity index (χ0n) is 23.5. The molecule has 1 saturated carbocycles. The molecule has 0 heterocycles. The first-order valence-electron chi connectivity index (χ1n) is 13.8. The third kappa shape index (κ3) is 6.63. The fraction of sp³-hybridized carbons (Fsp3) is 0.250. The van der Waals surface area contributed by atoms with E-state index in [0.29, 0.717) is 12.2 Å². The average Bonchev–Trinajstić information content (AvgIpc) is 3.48. The summed E-state index contributed by atoms with van der Waals surface area (Å²) in [6.45, 7) is 8.41. The van der Waals surface area contributed by atoms with Crippen molar-refractivity contribution in [3.05, 3.63) is 132 Å². The molecule has 0 bridgehead atoms. The van der Waals surface area contributed by atoms with Gasteiger partial charge in [-0.1, -0.05) is 86.2 Å². The van der Waals surface area contributed by atoms with Crippen LogP contribution in [-0.4, -0.2) is 5.97 Å². The number of carbonyl (C=O) groups excluding carboxylic acids is 1. The van der Waals surface area contributed by atoms with E-state index in [4.69, 9.17) is 14.2 Å². The van der Waals surface area contributed by atoms with Crippen LogP contribution in [0.3, 0.4) is 0 Å². The van der Waals surface area contributed by atoms with Crippen LogP contribution in [0.4, 0.5) is 0 Å². The molecule has 1 fully saturated rings. The highest BCUT2D eigenvalue weighted by atomic mass is 16.5. The van der Waals surface area contributed by atoms with E-state index in [9.17, 15) is 4.79 Å². The van der Waals surface area contributed by atoms with Crippen molar-refractivity contribution < 1.29 is 19.0 Å². The van der Waals surface area contributed by atoms with Gasteiger partial charge in [0.05, 0.1) is 5.92 Å². The predicted molar refractivity (Wildman–Crippen MR) is 159 cm³/mol. The molecular formula is C36H36O4. The molecule has 3 atom stereocenters. The summed E-state index contributed by atoms with van der Waals surface area (Å²) >= 11 is 0. The molecule has 0 spiro atoms. The molecular weight excluding hydrogens is 496 g/mol. The van der Waals surface area contributed by atoms with Gasteiger partial charge in [-0.15, -0.1) is 0 Å². The molecule has 4 aromatic carbocycles. The molecule has 40 heavy (non-hydrogen) atoms. The first kappa shape index (κ1) is 27.3. The number of carbonyl (C=O) groups is 1. The maximum atomic E-state index is 13.6. The predicted octanol–water partition coefficient (Wildman–Crippen LogP) is 9.34. The summed E-state index contributed by atoms with van der Waals surface area (Å²) in [5.41, 5.74) is 2.98. The Morgan fingerprint density at radius 1 is 0.750 bits per heavy atom. The monoisotopic (exact) mass is 532 g/mol. The maximum Gasteiger partial charge on any atom is 0.310 e. The zero-order chi connectivity index (χ0) is 28.1. The summed E-state index contributed by atoms with van der Waals surface area (Å²) in [5.74, 6) is 2.81. The Hall–Kier alpha value is -4.31. The SMILES string of the molecule is CC(C)=CC1C(C(=O)OC(Cc2cccc(Oc3ccccc3)c2)c2cccc(Oc3ccccc3)c2)C1(C)C. The van der Waals surface area contributed by atoms with Crippen LogP contribution in [-0.2, 0) is 16.0 Å². The minimum absolute atomic E-state index is 0.124. The van der Waals surface area contributed by atoms with Crippen LogP contribution in [0.5, 0.6) is 23.0 Å². The Balaban J connectivity index is 1.40. The standard InChI is InChI=1S/C36H36O4/c1-25(2)21-32-34(36(32,3)4)35(37)40-33(27-14-12-20-31(24-27)39-29-17-9-6-10-18-29)23-26-13-11-19-30(22-26)38-28-15-7-5-8-16-28/h5-22,24,32-34H,23H2,1-4H3. The van der Waals surface area contributed by atoms with Crippen molar-refractivity contribution in [1.82, 2.24) is 0 Å². The highest BCUT2D eigenvalue weighted by Crippen LogP contribution is 2.60. The van der Waals surface area contributed by atoms with E-state index < -0.39 is 6.10 Å². The van der Waals surface area contributed by atoms with E-state index in [1.165, 1.54) is 5.57 Å². The van der Waals surface area contributed by atoms with Crippen LogP contribution in [0.1, 0.15) is 44.9 Å². The Kier molecular flexibility index (Phi) is 8.06. The van der Waals surface area contributed by atoms with Crippen molar-refractivity contribution in [3.8, 4) is 23.0 Å². The molecule has 0 amide bonds. The van der Waals surface area contributed by atoms with Gasteiger partial charge in [-0.2, -0.15) is 0 Å². The van der Waals surface area contributed by atoms with E-state index in [2.05, 4.69) is 33.8 Å². The molecule has 4 heteroatoms. The molecule has 3 unspecified atom stereocenters. The van der Waals surface area contributed by atoms with E-state index in [0.717, 1.165) is 28.4 Å². The Morgan fingerprint density at radius 3 is 1.90 bits per heavy atom. The minimum atomic E-state index is -0.484. The zero-order valence-corrected chi connectivity index (χ0v) is 23.5. The summed E-state index contributed by atoms with van der Waals surface area (Å²) in [6.07, 6.45) is 2.22. The molecule has 4 aromatic rings. The molecule has 0 N–H and O–H groups in total. The van der Waals surface area contributed by atoms with Crippen molar-refractivity contribution >= 4 is 5.97 Å². The third-order valence-corrected chi connectivity index (χ3v) is 7.44. The number of allylic oxidation sites excluding steroid dienone is 2. The first-order valence-corrected chi connectivity index (χ1v) is 13.8. The second kappa shape index (κ2) is 11.8. The molecule has 4 nitrogen and oxygen atoms in total. The van der Waals surface area contributed by atoms with Crippen LogP contribution in [0.2, 0.25) is 0 Å². The van der Waals surface area contributed by atoms with Crippen molar-refractivity contribution in [2.24, 2.45) is 17.3 Å². The maximum absolute atomic E-state index is 13.6. The topological polar surface area (TPSA) is 44.8 Å². The van der Waals surface area contributed by atoms with Gasteiger partial charge in [0.2, 0.25) is 0 Å². The van der Waals surface area contributed by atoms with E-state index in [1.54, 1.807) is 0 Å². The quantitative estimate of drug-likeness (QED) is 0.151. The summed E-state index contributed by atoms with van der Waals surface area (Å²) < 4.78 is 18.5. The lowest BCUT2D eigenvalue weighted by Crippen LogP contribution is -2.17. The summed E-state index contributed by atoms with van der Waals surface area (Å²) in [7, 11) is 0. The molecule has 0 radical (unpaired) electrons. The van der Waals surface area contributed by atoms with Gasteiger partial charge < -0.3 is 14.2 Å². The number of rotatable bonds is 10. The van der Waals surface area contributed by atoms with Gasteiger partial charge in [-0.25, -0.2) is 0 Å². The van der Waals surface area contributed by atoms with Crippen molar-refractivity contribution in [3.63, 3.8) is 0 Å². The number of para-hydroxylation sites is 2. The average molecular weight is 533 g/mol. The minimum Gasteiger partial charge on any atom is -0.457 e. The third-order valence-electron chi connectivity index (χ3n) is 7.44. The number of hydrogen-bond acceptors (Lipinski definition) is 4. The molecule has 1 aliphatic carbocycles. The van der Waals surface area contributed by atoms with Crippen LogP contribution >= 0.6 is 0 Å². The summed E-state index contributed by atoms with van der Waals surface area (Å²) in [5, 5.41) is 0. The van der Waals surface area contributed by atoms with Crippen LogP contribution in [0, 0.1) is 17.3 Å². The van der Waals surface area contributed by atoms with Crippen molar-refractivity contribution in [1.29, 1.82) is 0 Å². The summed E-state index contributed by atoms with van der Waals surface area (Å²) in [6, 6.07) is 35.1. The highest BCUT2D eigenvalue weighted by Gasteiger charge is 2.61. The smallest absolute Gasteiger partial charge is 0.310 e. The van der Waals surface area contributed by atoms with Gasteiger partial charge in [-0.3, -0.25) is 4.79 Å². The van der Waals surface area contributed by atoms with Crippen molar-refractivity contribution in [2.45, 2.75) is 40.2 Å². The lowest BCUT2D eigenvalue weighted by Gasteiger charge is -2.20. The molecule has 0 aliphatic heterocycles. The molecule has 204 valence electrons. The normalized spacial score (nSPS) is 17.8. The van der Waals surface area contributed by atoms with Gasteiger partial charge in [0, 0.05) is 6.42 Å². The Bertz CT molecular complexity index is 1470. The van der Waals surface area contributed by atoms with E-state index >= 15 is 0 Å². The van der Waals surface area contributed by atoms with Gasteiger partial charge in [0.1, 0.15) is 29.1 Å². The molecule has 1 aliphatic rings. The highest BCUT2D eigenvalue weighted by molar-refractivity contribution is 5.78. The molecule has 0 aromatic heterocycles. The first-order chi connectivity index (χ1) is 19.3. The van der Waals surface area contributed by atoms with Crippen LogP contribution < -0.4 is 9.47 Å². The van der Waals surface area contributed by atoms with E-state index in [-0.39, 0.29) is 23.2 Å². The lowest BCUT2D eigenvalue weighted by molar-refractivity contribution is -0.152. The number of benzene rings is 4. The van der Waals surface area contributed by atoms with Gasteiger partial charge in [-0.05, 0) is 84.8 Å². The number of hydrogen-bond donors (Lipinski definition) is 0. The lowest BCUT2D eigenvalue weighted by atomic mass is 10.0. The van der Waals surface area contributed by atoms with Gasteiger partial charge in [0.25, 0.3) is 0 Å². The van der Waals surface area contributed by atoms with Crippen LogP contribution in [0.15, 0.2) is 121 Å². The fourth-order valence-corrected chi connectivity index (χ4v) is 5.22. The Labute approximate surface area is 237 Å². The molecule has 5 rings (SSSR count). The number of ether oxygens (including phenoxy) is 3. The second-order valence-electron chi connectivity index (χ2n) is 11.2. The number of esters is 1.